The van der Waals surface area contributed by atoms with Crippen LogP contribution in [0.25, 0.3) is 5.69 Å². The largest absolute Gasteiger partial charge is 0.352 e. The Hall–Kier alpha value is -3.07. The molecule has 0 saturated carbocycles. The molecule has 1 aliphatic heterocycles. The van der Waals surface area contributed by atoms with Crippen molar-refractivity contribution in [2.24, 2.45) is 5.92 Å². The van der Waals surface area contributed by atoms with Crippen LogP contribution in [0.15, 0.2) is 36.9 Å². The first-order valence-electron chi connectivity index (χ1n) is 10.1. The summed E-state index contributed by atoms with van der Waals surface area (Å²) in [5, 5.41) is 11.8. The van der Waals surface area contributed by atoms with Gasteiger partial charge < -0.3 is 10.2 Å². The number of halogens is 2. The number of hydrogen-bond donors (Lipinski definition) is 1. The van der Waals surface area contributed by atoms with Crippen LogP contribution in [0.3, 0.4) is 0 Å². The van der Waals surface area contributed by atoms with Crippen LogP contribution in [0, 0.1) is 18.7 Å². The fourth-order valence-electron chi connectivity index (χ4n) is 3.94. The molecule has 3 aromatic rings. The lowest BCUT2D eigenvalue weighted by Gasteiger charge is -2.40. The number of anilines is 1. The van der Waals surface area contributed by atoms with Crippen LogP contribution in [0.4, 0.5) is 10.3 Å². The number of benzene rings is 1. The van der Waals surface area contributed by atoms with Crippen molar-refractivity contribution in [1.29, 1.82) is 0 Å². The molecule has 1 N–H and O–H groups in total. The van der Waals surface area contributed by atoms with Gasteiger partial charge in [0.25, 0.3) is 5.91 Å². The van der Waals surface area contributed by atoms with Crippen LogP contribution < -0.4 is 5.32 Å². The Morgan fingerprint density at radius 2 is 1.97 bits per heavy atom. The van der Waals surface area contributed by atoms with Gasteiger partial charge in [0.15, 0.2) is 0 Å². The van der Waals surface area contributed by atoms with Crippen LogP contribution in [-0.2, 0) is 0 Å². The monoisotopic (exact) mass is 443 g/mol. The number of piperidine rings is 1. The van der Waals surface area contributed by atoms with Crippen molar-refractivity contribution in [3.05, 3.63) is 58.9 Å². The maximum Gasteiger partial charge on any atom is 0.259 e. The molecule has 1 amide bonds. The Morgan fingerprint density at radius 3 is 2.68 bits per heavy atom. The van der Waals surface area contributed by atoms with Crippen molar-refractivity contribution in [2.75, 3.05) is 18.4 Å². The van der Waals surface area contributed by atoms with Gasteiger partial charge in [0.1, 0.15) is 17.1 Å². The highest BCUT2D eigenvalue weighted by atomic mass is 35.5. The van der Waals surface area contributed by atoms with Crippen LogP contribution in [0.2, 0.25) is 5.02 Å². The molecule has 162 valence electrons. The first-order chi connectivity index (χ1) is 15.0. The smallest absolute Gasteiger partial charge is 0.259 e. The van der Waals surface area contributed by atoms with Crippen molar-refractivity contribution in [3.63, 3.8) is 0 Å². The van der Waals surface area contributed by atoms with E-state index in [1.54, 1.807) is 24.0 Å². The van der Waals surface area contributed by atoms with Gasteiger partial charge in [-0.25, -0.2) is 14.4 Å². The molecule has 3 heterocycles. The molecule has 0 spiro atoms. The first-order valence-corrected chi connectivity index (χ1v) is 10.5. The van der Waals surface area contributed by atoms with E-state index in [0.717, 1.165) is 12.8 Å². The molecular weight excluding hydrogens is 421 g/mol. The molecule has 4 rings (SSSR count). The molecule has 0 bridgehead atoms. The SMILES string of the molecule is Cc1ccc(-n2nccn2)c(C(=O)N2CCC[C@@H](C)[C@H]2CNc2ncc(Cl)cn2)c1F. The Bertz CT molecular complexity index is 1060. The minimum absolute atomic E-state index is 0.0157. The van der Waals surface area contributed by atoms with E-state index in [9.17, 15) is 4.79 Å². The average Bonchev–Trinajstić information content (AvgIpc) is 3.30. The van der Waals surface area contributed by atoms with E-state index in [4.69, 9.17) is 11.6 Å². The number of likely N-dealkylation sites (tertiary alicyclic amines) is 1. The van der Waals surface area contributed by atoms with Gasteiger partial charge in [-0.2, -0.15) is 15.0 Å². The van der Waals surface area contributed by atoms with Gasteiger partial charge in [-0.1, -0.05) is 24.6 Å². The van der Waals surface area contributed by atoms with Gasteiger partial charge in [0, 0.05) is 13.1 Å². The van der Waals surface area contributed by atoms with Gasteiger partial charge in [-0.05, 0) is 37.3 Å². The number of carbonyl (C=O) groups is 1. The average molecular weight is 444 g/mol. The van der Waals surface area contributed by atoms with Gasteiger partial charge in [0.2, 0.25) is 5.95 Å². The zero-order valence-corrected chi connectivity index (χ0v) is 18.1. The number of nitrogens with zero attached hydrogens (tertiary/aromatic N) is 6. The first kappa shape index (κ1) is 21.2. The maximum atomic E-state index is 15.2. The summed E-state index contributed by atoms with van der Waals surface area (Å²) in [4.78, 5) is 25.0. The Kier molecular flexibility index (Phi) is 6.13. The fourth-order valence-corrected chi connectivity index (χ4v) is 4.03. The fraction of sp³-hybridized carbons (Fsp3) is 0.381. The van der Waals surface area contributed by atoms with Gasteiger partial charge in [-0.3, -0.25) is 4.79 Å². The zero-order chi connectivity index (χ0) is 22.0. The van der Waals surface area contributed by atoms with E-state index >= 15 is 4.39 Å². The molecule has 8 nitrogen and oxygen atoms in total. The molecule has 10 heteroatoms. The second-order valence-corrected chi connectivity index (χ2v) is 8.14. The number of aromatic nitrogens is 5. The lowest BCUT2D eigenvalue weighted by Crippen LogP contribution is -2.51. The molecule has 1 saturated heterocycles. The standard InChI is InChI=1S/C21H23ClFN7O/c1-13-4-3-9-29(17(13)12-26-21-24-10-15(22)11-25-21)20(31)18-16(30-27-7-8-28-30)6-5-14(2)19(18)23/h5-8,10-11,13,17H,3-4,9,12H2,1-2H3,(H,24,25,26)/t13-,17-/m1/s1. The third-order valence-electron chi connectivity index (χ3n) is 5.63. The summed E-state index contributed by atoms with van der Waals surface area (Å²) >= 11 is 5.85. The molecular formula is C21H23ClFN7O. The molecule has 1 fully saturated rings. The molecule has 2 atom stereocenters. The third-order valence-corrected chi connectivity index (χ3v) is 5.82. The Balaban J connectivity index is 1.64. The summed E-state index contributed by atoms with van der Waals surface area (Å²) in [7, 11) is 0. The van der Waals surface area contributed by atoms with Crippen LogP contribution >= 0.6 is 11.6 Å². The highest BCUT2D eigenvalue weighted by Crippen LogP contribution is 2.29. The van der Waals surface area contributed by atoms with Crippen LogP contribution in [0.1, 0.15) is 35.7 Å². The topological polar surface area (TPSA) is 88.8 Å². The Labute approximate surface area is 184 Å². The molecule has 31 heavy (non-hydrogen) atoms. The number of hydrogen-bond acceptors (Lipinski definition) is 6. The summed E-state index contributed by atoms with van der Waals surface area (Å²) in [6.45, 7) is 4.72. The van der Waals surface area contributed by atoms with E-state index in [1.807, 2.05) is 0 Å². The molecule has 2 aromatic heterocycles. The van der Waals surface area contributed by atoms with Crippen molar-refractivity contribution >= 4 is 23.5 Å². The molecule has 1 aromatic carbocycles. The lowest BCUT2D eigenvalue weighted by molar-refractivity contribution is 0.0534. The molecule has 0 aliphatic carbocycles. The van der Waals surface area contributed by atoms with Crippen LogP contribution in [0.5, 0.6) is 0 Å². The number of carbonyl (C=O) groups excluding carboxylic acids is 1. The van der Waals surface area contributed by atoms with E-state index in [1.165, 1.54) is 29.6 Å². The Morgan fingerprint density at radius 1 is 1.26 bits per heavy atom. The van der Waals surface area contributed by atoms with Gasteiger partial charge in [0.05, 0.1) is 35.9 Å². The van der Waals surface area contributed by atoms with Crippen LogP contribution in [-0.4, -0.2) is 54.9 Å². The van der Waals surface area contributed by atoms with E-state index in [2.05, 4.69) is 32.4 Å². The third kappa shape index (κ3) is 4.36. The second kappa shape index (κ2) is 8.97. The minimum atomic E-state index is -0.550. The van der Waals surface area contributed by atoms with Crippen molar-refractivity contribution < 1.29 is 9.18 Å². The second-order valence-electron chi connectivity index (χ2n) is 7.70. The number of amides is 1. The van der Waals surface area contributed by atoms with Crippen molar-refractivity contribution in [1.82, 2.24) is 29.9 Å². The zero-order valence-electron chi connectivity index (χ0n) is 17.3. The molecule has 1 aliphatic rings. The summed E-state index contributed by atoms with van der Waals surface area (Å²) in [6.07, 6.45) is 7.83. The highest BCUT2D eigenvalue weighted by molar-refractivity contribution is 6.30. The van der Waals surface area contributed by atoms with E-state index in [-0.39, 0.29) is 23.4 Å². The quantitative estimate of drug-likeness (QED) is 0.649. The number of rotatable bonds is 5. The van der Waals surface area contributed by atoms with E-state index in [0.29, 0.717) is 35.3 Å². The normalized spacial score (nSPS) is 18.8. The maximum absolute atomic E-state index is 15.2. The minimum Gasteiger partial charge on any atom is -0.352 e. The molecule has 0 unspecified atom stereocenters. The van der Waals surface area contributed by atoms with E-state index < -0.39 is 5.82 Å². The van der Waals surface area contributed by atoms with Gasteiger partial charge >= 0.3 is 0 Å². The number of aryl methyl sites for hydroxylation is 1. The summed E-state index contributed by atoms with van der Waals surface area (Å²) in [6, 6.07) is 3.15. The molecule has 0 radical (unpaired) electrons. The lowest BCUT2D eigenvalue weighted by atomic mass is 9.89. The van der Waals surface area contributed by atoms with Crippen molar-refractivity contribution in [2.45, 2.75) is 32.7 Å². The summed E-state index contributed by atoms with van der Waals surface area (Å²) in [5.74, 6) is -0.274. The summed E-state index contributed by atoms with van der Waals surface area (Å²) in [5.41, 5.74) is 0.704. The summed E-state index contributed by atoms with van der Waals surface area (Å²) < 4.78 is 15.2. The highest BCUT2D eigenvalue weighted by Gasteiger charge is 2.35. The van der Waals surface area contributed by atoms with Crippen molar-refractivity contribution in [3.8, 4) is 5.69 Å². The predicted octanol–water partition coefficient (Wildman–Crippen LogP) is 3.51. The van der Waals surface area contributed by atoms with Gasteiger partial charge in [-0.15, -0.1) is 0 Å². The predicted molar refractivity (Wildman–Crippen MR) is 115 cm³/mol. The number of nitrogens with one attached hydrogen (secondary N) is 1.